The molecule has 0 bridgehead atoms. The zero-order valence-corrected chi connectivity index (χ0v) is 15.9. The SMILES string of the molecule is Cc1cc(Br)c2nc(C)c(C(=O)NC(Cc3ccccc3)C(=O)O)n2c1. The maximum atomic E-state index is 12.8. The number of carboxylic acid groups (broad SMARTS) is 1. The normalized spacial score (nSPS) is 12.1. The molecule has 0 aliphatic carbocycles. The first-order valence-electron chi connectivity index (χ1n) is 8.09. The molecule has 26 heavy (non-hydrogen) atoms. The molecule has 2 heterocycles. The largest absolute Gasteiger partial charge is 0.480 e. The minimum Gasteiger partial charge on any atom is -0.480 e. The van der Waals surface area contributed by atoms with Crippen LogP contribution in [0.15, 0.2) is 47.1 Å². The van der Waals surface area contributed by atoms with E-state index in [0.717, 1.165) is 15.6 Å². The van der Waals surface area contributed by atoms with Crippen LogP contribution in [-0.4, -0.2) is 32.4 Å². The highest BCUT2D eigenvalue weighted by Gasteiger charge is 2.25. The van der Waals surface area contributed by atoms with E-state index in [1.165, 1.54) is 0 Å². The average molecular weight is 416 g/mol. The van der Waals surface area contributed by atoms with Gasteiger partial charge in [-0.15, -0.1) is 0 Å². The van der Waals surface area contributed by atoms with E-state index in [1.807, 2.05) is 49.5 Å². The van der Waals surface area contributed by atoms with E-state index in [0.29, 0.717) is 17.0 Å². The zero-order valence-electron chi connectivity index (χ0n) is 14.4. The molecule has 1 atom stereocenters. The van der Waals surface area contributed by atoms with Crippen molar-refractivity contribution >= 4 is 33.5 Å². The van der Waals surface area contributed by atoms with Crippen molar-refractivity contribution in [3.05, 3.63) is 69.6 Å². The van der Waals surface area contributed by atoms with E-state index in [4.69, 9.17) is 0 Å². The topological polar surface area (TPSA) is 83.7 Å². The number of carboxylic acids is 1. The lowest BCUT2D eigenvalue weighted by Gasteiger charge is -2.15. The number of aliphatic carboxylic acids is 1. The van der Waals surface area contributed by atoms with Gasteiger partial charge < -0.3 is 10.4 Å². The molecule has 6 nitrogen and oxygen atoms in total. The third-order valence-corrected chi connectivity index (χ3v) is 4.67. The summed E-state index contributed by atoms with van der Waals surface area (Å²) in [5.74, 6) is -1.54. The van der Waals surface area contributed by atoms with Crippen molar-refractivity contribution in [2.24, 2.45) is 0 Å². The number of hydrogen-bond acceptors (Lipinski definition) is 3. The fourth-order valence-corrected chi connectivity index (χ4v) is 3.54. The number of amides is 1. The van der Waals surface area contributed by atoms with Gasteiger partial charge in [0.2, 0.25) is 0 Å². The maximum absolute atomic E-state index is 12.8. The second-order valence-corrected chi connectivity index (χ2v) is 7.01. The van der Waals surface area contributed by atoms with E-state index in [-0.39, 0.29) is 6.42 Å². The Morgan fingerprint density at radius 1 is 1.27 bits per heavy atom. The molecule has 0 saturated carbocycles. The number of imidazole rings is 1. The summed E-state index contributed by atoms with van der Waals surface area (Å²) in [6, 6.07) is 10.1. The van der Waals surface area contributed by atoms with Crippen molar-refractivity contribution in [3.63, 3.8) is 0 Å². The van der Waals surface area contributed by atoms with Crippen LogP contribution in [0.2, 0.25) is 0 Å². The van der Waals surface area contributed by atoms with Gasteiger partial charge in [0.15, 0.2) is 5.65 Å². The van der Waals surface area contributed by atoms with Crippen molar-refractivity contribution in [1.82, 2.24) is 14.7 Å². The van der Waals surface area contributed by atoms with E-state index in [9.17, 15) is 14.7 Å². The molecule has 3 rings (SSSR count). The molecule has 0 spiro atoms. The second kappa shape index (κ2) is 7.29. The maximum Gasteiger partial charge on any atom is 0.326 e. The van der Waals surface area contributed by atoms with E-state index in [1.54, 1.807) is 11.3 Å². The summed E-state index contributed by atoms with van der Waals surface area (Å²) in [6.07, 6.45) is 2.02. The van der Waals surface area contributed by atoms with E-state index in [2.05, 4.69) is 26.2 Å². The molecule has 1 aromatic carbocycles. The van der Waals surface area contributed by atoms with Gasteiger partial charge in [-0.3, -0.25) is 9.20 Å². The third-order valence-electron chi connectivity index (χ3n) is 4.09. The number of benzene rings is 1. The van der Waals surface area contributed by atoms with Gasteiger partial charge in [0.1, 0.15) is 11.7 Å². The van der Waals surface area contributed by atoms with E-state index >= 15 is 0 Å². The summed E-state index contributed by atoms with van der Waals surface area (Å²) in [7, 11) is 0. The Labute approximate surface area is 159 Å². The predicted octanol–water partition coefficient (Wildman–Crippen LogP) is 3.14. The van der Waals surface area contributed by atoms with Crippen LogP contribution >= 0.6 is 15.9 Å². The van der Waals surface area contributed by atoms with Crippen molar-refractivity contribution in [2.75, 3.05) is 0 Å². The Balaban J connectivity index is 1.92. The molecular weight excluding hydrogens is 398 g/mol. The fraction of sp³-hybridized carbons (Fsp3) is 0.211. The van der Waals surface area contributed by atoms with E-state index < -0.39 is 17.9 Å². The number of pyridine rings is 1. The number of aryl methyl sites for hydroxylation is 2. The molecule has 134 valence electrons. The Morgan fingerprint density at radius 2 is 1.96 bits per heavy atom. The van der Waals surface area contributed by atoms with Crippen LogP contribution in [0, 0.1) is 13.8 Å². The summed E-state index contributed by atoms with van der Waals surface area (Å²) >= 11 is 3.45. The number of rotatable bonds is 5. The van der Waals surface area contributed by atoms with Crippen LogP contribution in [0.5, 0.6) is 0 Å². The van der Waals surface area contributed by atoms with Crippen LogP contribution in [-0.2, 0) is 11.2 Å². The van der Waals surface area contributed by atoms with Gasteiger partial charge >= 0.3 is 5.97 Å². The number of carbonyl (C=O) groups is 2. The summed E-state index contributed by atoms with van der Waals surface area (Å²) in [6.45, 7) is 3.65. The Hall–Kier alpha value is -2.67. The van der Waals surface area contributed by atoms with Gasteiger partial charge in [0.05, 0.1) is 10.2 Å². The molecule has 0 aliphatic rings. The minimum atomic E-state index is -1.08. The number of carbonyl (C=O) groups excluding carboxylic acids is 1. The molecule has 2 aromatic heterocycles. The summed E-state index contributed by atoms with van der Waals surface area (Å²) in [5, 5.41) is 12.1. The molecule has 0 fully saturated rings. The predicted molar refractivity (Wildman–Crippen MR) is 101 cm³/mol. The molecule has 0 aliphatic heterocycles. The fourth-order valence-electron chi connectivity index (χ4n) is 2.90. The molecule has 7 heteroatoms. The number of nitrogens with zero attached hydrogens (tertiary/aromatic N) is 2. The van der Waals surface area contributed by atoms with Crippen LogP contribution in [0.3, 0.4) is 0 Å². The van der Waals surface area contributed by atoms with Crippen LogP contribution in [0.4, 0.5) is 0 Å². The number of nitrogens with one attached hydrogen (secondary N) is 1. The molecule has 0 saturated heterocycles. The van der Waals surface area contributed by atoms with Crippen LogP contribution < -0.4 is 5.32 Å². The number of halogens is 1. The third kappa shape index (κ3) is 3.62. The average Bonchev–Trinajstić information content (AvgIpc) is 2.91. The first kappa shape index (κ1) is 18.1. The lowest BCUT2D eigenvalue weighted by Crippen LogP contribution is -2.42. The van der Waals surface area contributed by atoms with Gasteiger partial charge in [-0.05, 0) is 47.0 Å². The van der Waals surface area contributed by atoms with Gasteiger partial charge in [0, 0.05) is 12.6 Å². The van der Waals surface area contributed by atoms with Gasteiger partial charge in [-0.25, -0.2) is 9.78 Å². The van der Waals surface area contributed by atoms with Crippen molar-refractivity contribution < 1.29 is 14.7 Å². The Bertz CT molecular complexity index is 983. The highest BCUT2D eigenvalue weighted by atomic mass is 79.9. The molecule has 3 aromatic rings. The highest BCUT2D eigenvalue weighted by molar-refractivity contribution is 9.10. The first-order valence-corrected chi connectivity index (χ1v) is 8.88. The van der Waals surface area contributed by atoms with Gasteiger partial charge in [-0.2, -0.15) is 0 Å². The molecule has 2 N–H and O–H groups in total. The zero-order chi connectivity index (χ0) is 18.8. The molecule has 1 amide bonds. The standard InChI is InChI=1S/C19H18BrN3O3/c1-11-8-14(20)17-21-12(2)16(23(17)10-11)18(24)22-15(19(25)26)9-13-6-4-3-5-7-13/h3-8,10,15H,9H2,1-2H3,(H,22,24)(H,25,26). The molecular formula is C19H18BrN3O3. The van der Waals surface area contributed by atoms with Crippen LogP contribution in [0.1, 0.15) is 27.3 Å². The summed E-state index contributed by atoms with van der Waals surface area (Å²) in [4.78, 5) is 28.9. The Morgan fingerprint density at radius 3 is 2.62 bits per heavy atom. The number of aromatic nitrogens is 2. The molecule has 1 unspecified atom stereocenters. The minimum absolute atomic E-state index is 0.209. The first-order chi connectivity index (χ1) is 12.4. The van der Waals surface area contributed by atoms with Crippen molar-refractivity contribution in [1.29, 1.82) is 0 Å². The lowest BCUT2D eigenvalue weighted by atomic mass is 10.1. The highest BCUT2D eigenvalue weighted by Crippen LogP contribution is 2.22. The quantitative estimate of drug-likeness (QED) is 0.670. The lowest BCUT2D eigenvalue weighted by molar-refractivity contribution is -0.139. The van der Waals surface area contributed by atoms with Crippen molar-refractivity contribution in [2.45, 2.75) is 26.3 Å². The monoisotopic (exact) mass is 415 g/mol. The number of hydrogen-bond donors (Lipinski definition) is 2. The Kier molecular flexibility index (Phi) is 5.08. The smallest absolute Gasteiger partial charge is 0.326 e. The number of fused-ring (bicyclic) bond motifs is 1. The van der Waals surface area contributed by atoms with Gasteiger partial charge in [0.25, 0.3) is 5.91 Å². The summed E-state index contributed by atoms with van der Waals surface area (Å²) in [5.41, 5.74) is 3.29. The second-order valence-electron chi connectivity index (χ2n) is 6.16. The van der Waals surface area contributed by atoms with Gasteiger partial charge in [-0.1, -0.05) is 30.3 Å². The summed E-state index contributed by atoms with van der Waals surface area (Å²) < 4.78 is 2.46. The molecule has 0 radical (unpaired) electrons. The van der Waals surface area contributed by atoms with Crippen molar-refractivity contribution in [3.8, 4) is 0 Å². The van der Waals surface area contributed by atoms with Crippen LogP contribution in [0.25, 0.3) is 5.65 Å².